The molecule has 0 spiro atoms. The van der Waals surface area contributed by atoms with Crippen LogP contribution in [-0.4, -0.2) is 62.5 Å². The first kappa shape index (κ1) is 23.2. The number of ether oxygens (including phenoxy) is 2. The van der Waals surface area contributed by atoms with E-state index in [0.29, 0.717) is 0 Å². The summed E-state index contributed by atoms with van der Waals surface area (Å²) in [6.07, 6.45) is -0.715. The van der Waals surface area contributed by atoms with E-state index in [-0.39, 0.29) is 30.9 Å². The van der Waals surface area contributed by atoms with Crippen molar-refractivity contribution >= 4 is 17.6 Å². The van der Waals surface area contributed by atoms with Crippen molar-refractivity contribution in [3.05, 3.63) is 50.1 Å². The standard InChI is InChI=1S/C18H22N2O10/c1-3-29-15(21)17(23)10-9-13(11-5-7-12(8-6-11)19(25)26)18(24,14(17)20(27)28)16(22)30-4-2/h5-8,13-14,23-24H,3-4,9-10H2,1-2H3/t13-,14+,17+,18-/m1/s1. The molecule has 1 aliphatic carbocycles. The second-order valence-electron chi connectivity index (χ2n) is 6.82. The number of nitro benzene ring substituents is 1. The number of carbonyl (C=O) groups excluding carboxylic acids is 2. The van der Waals surface area contributed by atoms with Crippen LogP contribution in [-0.2, 0) is 19.1 Å². The fourth-order valence-corrected chi connectivity index (χ4v) is 3.83. The molecule has 4 atom stereocenters. The van der Waals surface area contributed by atoms with Gasteiger partial charge in [-0.15, -0.1) is 0 Å². The lowest BCUT2D eigenvalue weighted by atomic mass is 9.63. The summed E-state index contributed by atoms with van der Waals surface area (Å²) in [5, 5.41) is 45.0. The zero-order valence-electron chi connectivity index (χ0n) is 16.3. The van der Waals surface area contributed by atoms with Gasteiger partial charge >= 0.3 is 11.9 Å². The lowest BCUT2D eigenvalue weighted by Gasteiger charge is -2.45. The zero-order chi connectivity index (χ0) is 22.7. The van der Waals surface area contributed by atoms with Crippen molar-refractivity contribution < 1.29 is 39.1 Å². The van der Waals surface area contributed by atoms with Crippen LogP contribution < -0.4 is 0 Å². The van der Waals surface area contributed by atoms with Crippen molar-refractivity contribution in [2.24, 2.45) is 0 Å². The topological polar surface area (TPSA) is 179 Å². The molecule has 0 unspecified atom stereocenters. The highest BCUT2D eigenvalue weighted by Gasteiger charge is 2.72. The Hall–Kier alpha value is -3.12. The molecule has 0 aliphatic heterocycles. The molecule has 1 fully saturated rings. The normalized spacial score (nSPS) is 28.4. The summed E-state index contributed by atoms with van der Waals surface area (Å²) in [5.41, 5.74) is -5.80. The Bertz CT molecular complexity index is 842. The third-order valence-electron chi connectivity index (χ3n) is 5.16. The number of aliphatic hydroxyl groups is 2. The van der Waals surface area contributed by atoms with Gasteiger partial charge in [0.2, 0.25) is 11.2 Å². The van der Waals surface area contributed by atoms with Gasteiger partial charge in [-0.2, -0.15) is 0 Å². The van der Waals surface area contributed by atoms with Gasteiger partial charge < -0.3 is 19.7 Å². The average molecular weight is 426 g/mol. The Kier molecular flexibility index (Phi) is 6.73. The van der Waals surface area contributed by atoms with Crippen LogP contribution in [0.3, 0.4) is 0 Å². The van der Waals surface area contributed by atoms with Crippen LogP contribution in [0.4, 0.5) is 5.69 Å². The summed E-state index contributed by atoms with van der Waals surface area (Å²) in [4.78, 5) is 46.1. The highest BCUT2D eigenvalue weighted by Crippen LogP contribution is 2.48. The van der Waals surface area contributed by atoms with Gasteiger partial charge in [0, 0.05) is 23.0 Å². The van der Waals surface area contributed by atoms with E-state index in [2.05, 4.69) is 0 Å². The third-order valence-corrected chi connectivity index (χ3v) is 5.16. The molecule has 0 radical (unpaired) electrons. The molecule has 1 saturated carbocycles. The maximum absolute atomic E-state index is 12.7. The number of non-ortho nitro benzene ring substituents is 1. The fraction of sp³-hybridized carbons (Fsp3) is 0.556. The van der Waals surface area contributed by atoms with Crippen molar-refractivity contribution in [2.45, 2.75) is 49.9 Å². The Morgan fingerprint density at radius 2 is 1.60 bits per heavy atom. The molecule has 12 nitrogen and oxygen atoms in total. The van der Waals surface area contributed by atoms with Crippen LogP contribution in [0, 0.1) is 20.2 Å². The summed E-state index contributed by atoms with van der Waals surface area (Å²) in [6.45, 7) is 2.44. The first-order valence-corrected chi connectivity index (χ1v) is 9.21. The van der Waals surface area contributed by atoms with E-state index in [1.54, 1.807) is 0 Å². The molecule has 0 bridgehead atoms. The molecular weight excluding hydrogens is 404 g/mol. The smallest absolute Gasteiger partial charge is 0.346 e. The summed E-state index contributed by atoms with van der Waals surface area (Å²) in [6, 6.07) is 2.25. The summed E-state index contributed by atoms with van der Waals surface area (Å²) in [7, 11) is 0. The third kappa shape index (κ3) is 3.83. The van der Waals surface area contributed by atoms with Gasteiger partial charge in [-0.3, -0.25) is 20.2 Å². The SMILES string of the molecule is CCOC(=O)[C@@]1(O)[C@@H](c2ccc([N+](=O)[O-])cc2)CC[C@@](O)(C(=O)OCC)[C@@H]1[N+](=O)[O-]. The maximum atomic E-state index is 12.7. The van der Waals surface area contributed by atoms with Crippen molar-refractivity contribution in [1.82, 2.24) is 0 Å². The fourth-order valence-electron chi connectivity index (χ4n) is 3.83. The lowest BCUT2D eigenvalue weighted by molar-refractivity contribution is -0.566. The Balaban J connectivity index is 2.64. The molecule has 2 N–H and O–H groups in total. The molecule has 0 aromatic heterocycles. The monoisotopic (exact) mass is 426 g/mol. The molecule has 12 heteroatoms. The second kappa shape index (κ2) is 8.71. The number of benzene rings is 1. The summed E-state index contributed by atoms with van der Waals surface area (Å²) in [5.74, 6) is -4.00. The van der Waals surface area contributed by atoms with Gasteiger partial charge in [-0.05, 0) is 32.3 Å². The number of esters is 2. The highest BCUT2D eigenvalue weighted by molar-refractivity contribution is 5.87. The molecule has 0 heterocycles. The molecule has 1 aliphatic rings. The van der Waals surface area contributed by atoms with E-state index in [1.165, 1.54) is 26.0 Å². The number of rotatable bonds is 7. The molecule has 1 aromatic carbocycles. The van der Waals surface area contributed by atoms with Gasteiger partial charge in [-0.1, -0.05) is 12.1 Å². The van der Waals surface area contributed by atoms with Gasteiger partial charge in [0.25, 0.3) is 11.7 Å². The lowest BCUT2D eigenvalue weighted by Crippen LogP contribution is -2.72. The minimum Gasteiger partial charge on any atom is -0.464 e. The number of nitrogens with zero attached hydrogens (tertiary/aromatic N) is 2. The largest absolute Gasteiger partial charge is 0.464 e. The van der Waals surface area contributed by atoms with Crippen LogP contribution in [0.1, 0.15) is 38.2 Å². The van der Waals surface area contributed by atoms with Crippen LogP contribution in [0.25, 0.3) is 0 Å². The van der Waals surface area contributed by atoms with Crippen LogP contribution in [0.15, 0.2) is 24.3 Å². The van der Waals surface area contributed by atoms with Crippen molar-refractivity contribution in [3.63, 3.8) is 0 Å². The minimum absolute atomic E-state index is 0.175. The van der Waals surface area contributed by atoms with Gasteiger partial charge in [0.05, 0.1) is 18.1 Å². The zero-order valence-corrected chi connectivity index (χ0v) is 16.3. The molecule has 2 rings (SSSR count). The van der Waals surface area contributed by atoms with Gasteiger partial charge in [0.1, 0.15) is 0 Å². The molecule has 0 amide bonds. The molecule has 164 valence electrons. The summed E-state index contributed by atoms with van der Waals surface area (Å²) >= 11 is 0. The van der Waals surface area contributed by atoms with Crippen molar-refractivity contribution in [2.75, 3.05) is 13.2 Å². The Morgan fingerprint density at radius 3 is 2.07 bits per heavy atom. The number of hydrogen-bond donors (Lipinski definition) is 2. The van der Waals surface area contributed by atoms with E-state index < -0.39 is 51.4 Å². The van der Waals surface area contributed by atoms with E-state index >= 15 is 0 Å². The quantitative estimate of drug-likeness (QED) is 0.358. The molecule has 30 heavy (non-hydrogen) atoms. The van der Waals surface area contributed by atoms with Gasteiger partial charge in [-0.25, -0.2) is 9.59 Å². The van der Waals surface area contributed by atoms with E-state index in [0.717, 1.165) is 12.1 Å². The Morgan fingerprint density at radius 1 is 1.07 bits per heavy atom. The predicted octanol–water partition coefficient (Wildman–Crippen LogP) is 0.706. The number of nitro groups is 2. The van der Waals surface area contributed by atoms with Crippen LogP contribution in [0.5, 0.6) is 0 Å². The minimum atomic E-state index is -2.94. The average Bonchev–Trinajstić information content (AvgIpc) is 2.68. The first-order chi connectivity index (χ1) is 14.0. The van der Waals surface area contributed by atoms with E-state index in [4.69, 9.17) is 9.47 Å². The van der Waals surface area contributed by atoms with E-state index in [1.807, 2.05) is 0 Å². The van der Waals surface area contributed by atoms with Crippen molar-refractivity contribution in [3.8, 4) is 0 Å². The number of hydrogen-bond acceptors (Lipinski definition) is 10. The Labute approximate surface area is 170 Å². The van der Waals surface area contributed by atoms with Crippen molar-refractivity contribution in [1.29, 1.82) is 0 Å². The van der Waals surface area contributed by atoms with E-state index in [9.17, 15) is 40.0 Å². The number of carbonyl (C=O) groups is 2. The van der Waals surface area contributed by atoms with Crippen LogP contribution >= 0.6 is 0 Å². The molecule has 1 aromatic rings. The second-order valence-corrected chi connectivity index (χ2v) is 6.82. The molecule has 0 saturated heterocycles. The molecular formula is C18H22N2O10. The van der Waals surface area contributed by atoms with Gasteiger partial charge in [0.15, 0.2) is 0 Å². The van der Waals surface area contributed by atoms with Crippen LogP contribution in [0.2, 0.25) is 0 Å². The first-order valence-electron chi connectivity index (χ1n) is 9.21. The maximum Gasteiger partial charge on any atom is 0.346 e. The highest BCUT2D eigenvalue weighted by atomic mass is 16.6. The summed E-state index contributed by atoms with van der Waals surface area (Å²) < 4.78 is 9.60. The predicted molar refractivity (Wildman–Crippen MR) is 99.0 cm³/mol.